The maximum atomic E-state index is 13.5. The summed E-state index contributed by atoms with van der Waals surface area (Å²) in [5.41, 5.74) is 2.37. The fourth-order valence-electron chi connectivity index (χ4n) is 4.25. The molecule has 1 aliphatic rings. The van der Waals surface area contributed by atoms with Crippen LogP contribution in [-0.4, -0.2) is 30.6 Å². The molecule has 2 aromatic carbocycles. The number of hydrogen-bond acceptors (Lipinski definition) is 2. The van der Waals surface area contributed by atoms with Crippen molar-refractivity contribution in [1.82, 2.24) is 10.2 Å². The second-order valence-corrected chi connectivity index (χ2v) is 9.22. The van der Waals surface area contributed by atoms with E-state index in [1.54, 1.807) is 0 Å². The van der Waals surface area contributed by atoms with E-state index in [2.05, 4.69) is 57.3 Å². The number of hydrogen-bond donors (Lipinski definition) is 2. The fraction of sp³-hybridized carbons (Fsp3) is 0.440. The number of urea groups is 1. The van der Waals surface area contributed by atoms with Gasteiger partial charge in [0.2, 0.25) is 0 Å². The molecule has 1 unspecified atom stereocenters. The quantitative estimate of drug-likeness (QED) is 0.659. The number of rotatable bonds is 8. The number of amides is 3. The van der Waals surface area contributed by atoms with Crippen molar-refractivity contribution in [3.05, 3.63) is 71.3 Å². The van der Waals surface area contributed by atoms with Crippen LogP contribution in [-0.2, 0) is 16.9 Å². The van der Waals surface area contributed by atoms with Gasteiger partial charge in [0.05, 0.1) is 7.05 Å². The van der Waals surface area contributed by atoms with Crippen LogP contribution >= 0.6 is 0 Å². The molecule has 0 aliphatic carbocycles. The summed E-state index contributed by atoms with van der Waals surface area (Å²) in [5, 5.41) is 3.03. The van der Waals surface area contributed by atoms with Crippen molar-refractivity contribution in [3.63, 3.8) is 0 Å². The second-order valence-electron chi connectivity index (χ2n) is 9.22. The van der Waals surface area contributed by atoms with Crippen LogP contribution in [0.2, 0.25) is 0 Å². The molecule has 1 saturated heterocycles. The summed E-state index contributed by atoms with van der Waals surface area (Å²) in [5.74, 6) is 0.614. The Kier molecular flexibility index (Phi) is 6.61. The standard InChI is InChI=1S/C25H33N3O2/c1-18(2)15-25(22-9-7-6-8-10-22)23(29)28(24(30)26-25)17-27(5)16-20-11-13-21(14-12-20)19(3)4/h6-14,18-19H,15-17H2,1-5H3,(H,26,30)/p+1/t25-/m1/s1. The number of carbonyl (C=O) groups is 2. The first-order valence-electron chi connectivity index (χ1n) is 10.8. The first-order chi connectivity index (χ1) is 14.2. The Bertz CT molecular complexity index is 877. The SMILES string of the molecule is CC(C)C[C@]1(c2ccccc2)NC(=O)N(C[NH+](C)Cc2ccc(C(C)C)cc2)C1=O. The number of nitrogens with one attached hydrogen (secondary N) is 2. The fourth-order valence-corrected chi connectivity index (χ4v) is 4.25. The molecule has 160 valence electrons. The lowest BCUT2D eigenvalue weighted by molar-refractivity contribution is -0.901. The molecule has 2 N–H and O–H groups in total. The molecule has 2 aromatic rings. The highest BCUT2D eigenvalue weighted by Gasteiger charge is 2.53. The molecule has 0 radical (unpaired) electrons. The van der Waals surface area contributed by atoms with Crippen LogP contribution in [0.5, 0.6) is 0 Å². The molecule has 3 amide bonds. The maximum Gasteiger partial charge on any atom is 0.329 e. The minimum atomic E-state index is -0.980. The molecule has 30 heavy (non-hydrogen) atoms. The summed E-state index contributed by atoms with van der Waals surface area (Å²) in [6.07, 6.45) is 0.577. The van der Waals surface area contributed by atoms with Gasteiger partial charge in [0.25, 0.3) is 5.91 Å². The molecule has 1 fully saturated rings. The van der Waals surface area contributed by atoms with Crippen molar-refractivity contribution in [1.29, 1.82) is 0 Å². The van der Waals surface area contributed by atoms with Gasteiger partial charge in [0.1, 0.15) is 12.1 Å². The van der Waals surface area contributed by atoms with Gasteiger partial charge < -0.3 is 10.2 Å². The van der Waals surface area contributed by atoms with Gasteiger partial charge in [-0.3, -0.25) is 4.79 Å². The third-order valence-electron chi connectivity index (χ3n) is 5.74. The van der Waals surface area contributed by atoms with Gasteiger partial charge in [0, 0.05) is 5.56 Å². The number of imide groups is 1. The van der Waals surface area contributed by atoms with Gasteiger partial charge in [0.15, 0.2) is 6.67 Å². The van der Waals surface area contributed by atoms with Crippen LogP contribution in [0.15, 0.2) is 54.6 Å². The average Bonchev–Trinajstić information content (AvgIpc) is 2.93. The Morgan fingerprint density at radius 1 is 0.967 bits per heavy atom. The zero-order valence-corrected chi connectivity index (χ0v) is 18.7. The van der Waals surface area contributed by atoms with E-state index in [-0.39, 0.29) is 17.9 Å². The smallest absolute Gasteiger partial charge is 0.319 e. The Morgan fingerprint density at radius 3 is 2.17 bits per heavy atom. The van der Waals surface area contributed by atoms with Gasteiger partial charge in [-0.05, 0) is 29.4 Å². The van der Waals surface area contributed by atoms with Crippen molar-refractivity contribution in [3.8, 4) is 0 Å². The van der Waals surface area contributed by atoms with Gasteiger partial charge in [-0.2, -0.15) is 0 Å². The lowest BCUT2D eigenvalue weighted by atomic mass is 9.82. The van der Waals surface area contributed by atoms with E-state index < -0.39 is 5.54 Å². The average molecular weight is 409 g/mol. The molecule has 0 spiro atoms. The molecule has 0 saturated carbocycles. The van der Waals surface area contributed by atoms with Crippen LogP contribution in [0.25, 0.3) is 0 Å². The Hall–Kier alpha value is -2.66. The van der Waals surface area contributed by atoms with E-state index >= 15 is 0 Å². The van der Waals surface area contributed by atoms with E-state index in [1.165, 1.54) is 16.0 Å². The molecule has 0 aromatic heterocycles. The lowest BCUT2D eigenvalue weighted by Gasteiger charge is -2.29. The highest BCUT2D eigenvalue weighted by atomic mass is 16.2. The molecule has 5 nitrogen and oxygen atoms in total. The highest BCUT2D eigenvalue weighted by molar-refractivity contribution is 6.07. The summed E-state index contributed by atoms with van der Waals surface area (Å²) in [6.45, 7) is 9.59. The molecule has 1 aliphatic heterocycles. The van der Waals surface area contributed by atoms with Gasteiger partial charge in [-0.25, -0.2) is 9.69 Å². The van der Waals surface area contributed by atoms with Crippen molar-refractivity contribution < 1.29 is 14.5 Å². The minimum Gasteiger partial charge on any atom is -0.319 e. The third-order valence-corrected chi connectivity index (χ3v) is 5.74. The van der Waals surface area contributed by atoms with E-state index in [9.17, 15) is 9.59 Å². The van der Waals surface area contributed by atoms with Gasteiger partial charge in [-0.1, -0.05) is 82.3 Å². The normalized spacial score (nSPS) is 20.2. The number of nitrogens with zero attached hydrogens (tertiary/aromatic N) is 1. The molecule has 1 heterocycles. The highest BCUT2D eigenvalue weighted by Crippen LogP contribution is 2.34. The summed E-state index contributed by atoms with van der Waals surface area (Å²) in [7, 11) is 2.02. The zero-order valence-electron chi connectivity index (χ0n) is 18.7. The second kappa shape index (κ2) is 9.00. The van der Waals surface area contributed by atoms with Crippen molar-refractivity contribution in [2.45, 2.75) is 52.1 Å². The summed E-state index contributed by atoms with van der Waals surface area (Å²) < 4.78 is 0. The molecular weight excluding hydrogens is 374 g/mol. The van der Waals surface area contributed by atoms with E-state index in [4.69, 9.17) is 0 Å². The van der Waals surface area contributed by atoms with E-state index in [0.29, 0.717) is 19.0 Å². The summed E-state index contributed by atoms with van der Waals surface area (Å²) >= 11 is 0. The van der Waals surface area contributed by atoms with Gasteiger partial charge >= 0.3 is 6.03 Å². The predicted molar refractivity (Wildman–Crippen MR) is 119 cm³/mol. The molecule has 3 rings (SSSR count). The molecule has 2 atom stereocenters. The molecule has 5 heteroatoms. The Labute approximate surface area is 180 Å². The summed E-state index contributed by atoms with van der Waals surface area (Å²) in [4.78, 5) is 28.8. The van der Waals surface area contributed by atoms with Crippen LogP contribution in [0, 0.1) is 5.92 Å². The number of benzene rings is 2. The largest absolute Gasteiger partial charge is 0.329 e. The van der Waals surface area contributed by atoms with Crippen molar-refractivity contribution in [2.75, 3.05) is 13.7 Å². The maximum absolute atomic E-state index is 13.5. The Balaban J connectivity index is 1.76. The Morgan fingerprint density at radius 2 is 1.60 bits per heavy atom. The topological polar surface area (TPSA) is 53.9 Å². The van der Waals surface area contributed by atoms with Gasteiger partial charge in [-0.15, -0.1) is 0 Å². The third kappa shape index (κ3) is 4.57. The monoisotopic (exact) mass is 408 g/mol. The number of carbonyl (C=O) groups excluding carboxylic acids is 2. The van der Waals surface area contributed by atoms with E-state index in [1.807, 2.05) is 37.4 Å². The number of quaternary nitrogens is 1. The zero-order chi connectivity index (χ0) is 21.9. The van der Waals surface area contributed by atoms with Crippen LogP contribution in [0.3, 0.4) is 0 Å². The lowest BCUT2D eigenvalue weighted by Crippen LogP contribution is -3.09. The first kappa shape index (κ1) is 22.0. The molecule has 0 bridgehead atoms. The van der Waals surface area contributed by atoms with Crippen molar-refractivity contribution in [2.24, 2.45) is 5.92 Å². The minimum absolute atomic E-state index is 0.151. The first-order valence-corrected chi connectivity index (χ1v) is 10.8. The molecular formula is C25H34N3O2+. The predicted octanol–water partition coefficient (Wildman–Crippen LogP) is 3.28. The van der Waals surface area contributed by atoms with Crippen molar-refractivity contribution >= 4 is 11.9 Å². The van der Waals surface area contributed by atoms with Crippen LogP contribution < -0.4 is 10.2 Å². The van der Waals surface area contributed by atoms with Crippen LogP contribution in [0.4, 0.5) is 4.79 Å². The van der Waals surface area contributed by atoms with E-state index in [0.717, 1.165) is 17.0 Å². The summed E-state index contributed by atoms with van der Waals surface area (Å²) in [6, 6.07) is 17.9. The van der Waals surface area contributed by atoms with Crippen LogP contribution in [0.1, 0.15) is 56.7 Å².